The fourth-order valence-electron chi connectivity index (χ4n) is 3.21. The zero-order chi connectivity index (χ0) is 18.6. The first kappa shape index (κ1) is 21.9. The summed E-state index contributed by atoms with van der Waals surface area (Å²) in [5.74, 6) is -0.0885. The number of carbonyl (C=O) groups excluding carboxylic acids is 3. The van der Waals surface area contributed by atoms with E-state index in [2.05, 4.69) is 17.6 Å². The Bertz CT molecular complexity index is 646. The maximum absolute atomic E-state index is 13.0. The lowest BCUT2D eigenvalue weighted by Gasteiger charge is -2.38. The molecule has 0 aromatic heterocycles. The predicted octanol–water partition coefficient (Wildman–Crippen LogP) is 2.22. The van der Waals surface area contributed by atoms with E-state index in [0.29, 0.717) is 35.9 Å². The molecule has 144 valence electrons. The van der Waals surface area contributed by atoms with Gasteiger partial charge in [-0.1, -0.05) is 6.92 Å². The van der Waals surface area contributed by atoms with Gasteiger partial charge in [-0.25, -0.2) is 0 Å². The molecular formula is C18H27ClN4O3. The molecule has 0 aliphatic carbocycles. The van der Waals surface area contributed by atoms with Crippen molar-refractivity contribution in [2.75, 3.05) is 23.7 Å². The van der Waals surface area contributed by atoms with Gasteiger partial charge < -0.3 is 21.3 Å². The zero-order valence-electron chi connectivity index (χ0n) is 15.4. The van der Waals surface area contributed by atoms with Gasteiger partial charge in [0.1, 0.15) is 0 Å². The number of amides is 3. The molecule has 1 fully saturated rings. The van der Waals surface area contributed by atoms with Crippen molar-refractivity contribution in [2.45, 2.75) is 39.7 Å². The quantitative estimate of drug-likeness (QED) is 0.742. The Hall–Kier alpha value is -2.12. The monoisotopic (exact) mass is 382 g/mol. The van der Waals surface area contributed by atoms with Gasteiger partial charge >= 0.3 is 0 Å². The first-order valence-corrected chi connectivity index (χ1v) is 8.51. The fraction of sp³-hybridized carbons (Fsp3) is 0.500. The van der Waals surface area contributed by atoms with Gasteiger partial charge in [-0.15, -0.1) is 12.4 Å². The summed E-state index contributed by atoms with van der Waals surface area (Å²) in [6.07, 6.45) is 1.82. The summed E-state index contributed by atoms with van der Waals surface area (Å²) in [7, 11) is 0. The molecule has 1 aromatic carbocycles. The molecule has 3 amide bonds. The first-order chi connectivity index (χ1) is 11.8. The van der Waals surface area contributed by atoms with E-state index < -0.39 is 0 Å². The molecule has 2 unspecified atom stereocenters. The molecule has 0 radical (unpaired) electrons. The van der Waals surface area contributed by atoms with Gasteiger partial charge in [0.15, 0.2) is 0 Å². The van der Waals surface area contributed by atoms with Crippen LogP contribution >= 0.6 is 12.4 Å². The number of hydrogen-bond donors (Lipinski definition) is 3. The summed E-state index contributed by atoms with van der Waals surface area (Å²) in [5, 5.41) is 5.33. The molecule has 1 saturated heterocycles. The van der Waals surface area contributed by atoms with Crippen LogP contribution in [0.1, 0.15) is 44.0 Å². The summed E-state index contributed by atoms with van der Waals surface area (Å²) in [6, 6.07) is 4.88. The SMILES string of the molecule is CC(=O)Nc1cc(NC(C)=O)cc(C(=O)N2CCC(C)CC2CN)c1.Cl. The molecule has 0 saturated carbocycles. The largest absolute Gasteiger partial charge is 0.334 e. The highest BCUT2D eigenvalue weighted by Gasteiger charge is 2.29. The number of likely N-dealkylation sites (tertiary alicyclic amines) is 1. The Kier molecular flexibility index (Phi) is 8.05. The van der Waals surface area contributed by atoms with Crippen LogP contribution in [0.5, 0.6) is 0 Å². The Labute approximate surface area is 160 Å². The van der Waals surface area contributed by atoms with Gasteiger partial charge in [-0.3, -0.25) is 14.4 Å². The predicted molar refractivity (Wildman–Crippen MR) is 105 cm³/mol. The van der Waals surface area contributed by atoms with E-state index in [1.807, 2.05) is 0 Å². The molecule has 0 bridgehead atoms. The summed E-state index contributed by atoms with van der Waals surface area (Å²) in [4.78, 5) is 37.5. The van der Waals surface area contributed by atoms with Crippen molar-refractivity contribution in [1.82, 2.24) is 4.90 Å². The highest BCUT2D eigenvalue weighted by atomic mass is 35.5. The van der Waals surface area contributed by atoms with Crippen LogP contribution < -0.4 is 16.4 Å². The lowest BCUT2D eigenvalue weighted by molar-refractivity contribution is -0.115. The molecule has 8 heteroatoms. The van der Waals surface area contributed by atoms with Crippen molar-refractivity contribution < 1.29 is 14.4 Å². The van der Waals surface area contributed by atoms with Gasteiger partial charge in [0.05, 0.1) is 0 Å². The minimum Gasteiger partial charge on any atom is -0.334 e. The van der Waals surface area contributed by atoms with Crippen LogP contribution in [0.4, 0.5) is 11.4 Å². The van der Waals surface area contributed by atoms with Crippen LogP contribution in [0.25, 0.3) is 0 Å². The molecule has 1 aliphatic rings. The molecule has 26 heavy (non-hydrogen) atoms. The van der Waals surface area contributed by atoms with E-state index in [-0.39, 0.29) is 36.2 Å². The molecular weight excluding hydrogens is 356 g/mol. The summed E-state index contributed by atoms with van der Waals surface area (Å²) in [5.41, 5.74) is 7.21. The summed E-state index contributed by atoms with van der Waals surface area (Å²) in [6.45, 7) is 6.02. The third kappa shape index (κ3) is 5.71. The molecule has 0 spiro atoms. The zero-order valence-corrected chi connectivity index (χ0v) is 16.2. The van der Waals surface area contributed by atoms with Crippen molar-refractivity contribution in [1.29, 1.82) is 0 Å². The molecule has 1 heterocycles. The second kappa shape index (κ2) is 9.54. The number of benzene rings is 1. The Morgan fingerprint density at radius 2 is 1.65 bits per heavy atom. The van der Waals surface area contributed by atoms with Crippen LogP contribution in [0, 0.1) is 5.92 Å². The van der Waals surface area contributed by atoms with E-state index >= 15 is 0 Å². The smallest absolute Gasteiger partial charge is 0.254 e. The minimum absolute atomic E-state index is 0. The topological polar surface area (TPSA) is 105 Å². The van der Waals surface area contributed by atoms with Gasteiger partial charge in [0, 0.05) is 49.9 Å². The number of carbonyl (C=O) groups is 3. The second-order valence-corrected chi connectivity index (χ2v) is 6.68. The van der Waals surface area contributed by atoms with E-state index in [1.54, 1.807) is 23.1 Å². The van der Waals surface area contributed by atoms with E-state index in [9.17, 15) is 14.4 Å². The lowest BCUT2D eigenvalue weighted by Crippen LogP contribution is -2.49. The van der Waals surface area contributed by atoms with Crippen LogP contribution in [-0.4, -0.2) is 41.8 Å². The number of nitrogens with two attached hydrogens (primary N) is 1. The van der Waals surface area contributed by atoms with E-state index in [4.69, 9.17) is 5.73 Å². The molecule has 4 N–H and O–H groups in total. The van der Waals surface area contributed by atoms with Crippen molar-refractivity contribution >= 4 is 41.5 Å². The number of hydrogen-bond acceptors (Lipinski definition) is 4. The van der Waals surface area contributed by atoms with Gasteiger partial charge in [0.2, 0.25) is 11.8 Å². The highest BCUT2D eigenvalue weighted by molar-refractivity contribution is 6.00. The highest BCUT2D eigenvalue weighted by Crippen LogP contribution is 2.26. The Morgan fingerprint density at radius 3 is 2.12 bits per heavy atom. The van der Waals surface area contributed by atoms with Crippen molar-refractivity contribution in [3.8, 4) is 0 Å². The number of piperidine rings is 1. The Balaban J connectivity index is 0.00000338. The second-order valence-electron chi connectivity index (χ2n) is 6.68. The number of nitrogens with zero attached hydrogens (tertiary/aromatic N) is 1. The third-order valence-corrected chi connectivity index (χ3v) is 4.33. The average molecular weight is 383 g/mol. The number of halogens is 1. The Morgan fingerprint density at radius 1 is 1.12 bits per heavy atom. The van der Waals surface area contributed by atoms with Gasteiger partial charge in [-0.05, 0) is 37.0 Å². The molecule has 1 aromatic rings. The summed E-state index contributed by atoms with van der Waals surface area (Å²) >= 11 is 0. The van der Waals surface area contributed by atoms with E-state index in [0.717, 1.165) is 12.8 Å². The van der Waals surface area contributed by atoms with Crippen LogP contribution in [0.15, 0.2) is 18.2 Å². The molecule has 7 nitrogen and oxygen atoms in total. The maximum Gasteiger partial charge on any atom is 0.254 e. The van der Waals surface area contributed by atoms with Gasteiger partial charge in [-0.2, -0.15) is 0 Å². The van der Waals surface area contributed by atoms with Crippen LogP contribution in [0.2, 0.25) is 0 Å². The lowest BCUT2D eigenvalue weighted by atomic mass is 9.92. The first-order valence-electron chi connectivity index (χ1n) is 8.51. The molecule has 2 atom stereocenters. The van der Waals surface area contributed by atoms with Crippen molar-refractivity contribution in [3.63, 3.8) is 0 Å². The number of anilines is 2. The van der Waals surface area contributed by atoms with Crippen molar-refractivity contribution in [2.24, 2.45) is 11.7 Å². The van der Waals surface area contributed by atoms with E-state index in [1.165, 1.54) is 13.8 Å². The van der Waals surface area contributed by atoms with Crippen LogP contribution in [0.3, 0.4) is 0 Å². The molecule has 1 aliphatic heterocycles. The number of nitrogens with one attached hydrogen (secondary N) is 2. The van der Waals surface area contributed by atoms with Gasteiger partial charge in [0.25, 0.3) is 5.91 Å². The minimum atomic E-state index is -0.245. The number of rotatable bonds is 4. The fourth-order valence-corrected chi connectivity index (χ4v) is 3.21. The maximum atomic E-state index is 13.0. The third-order valence-electron chi connectivity index (χ3n) is 4.33. The van der Waals surface area contributed by atoms with Crippen molar-refractivity contribution in [3.05, 3.63) is 23.8 Å². The molecule has 2 rings (SSSR count). The van der Waals surface area contributed by atoms with Crippen LogP contribution in [-0.2, 0) is 9.59 Å². The average Bonchev–Trinajstić information content (AvgIpc) is 2.52. The summed E-state index contributed by atoms with van der Waals surface area (Å²) < 4.78 is 0. The standard InChI is InChI=1S/C18H26N4O3.ClH/c1-11-4-5-22(17(6-11)10-19)18(25)14-7-15(20-12(2)23)9-16(8-14)21-13(3)24;/h7-9,11,17H,4-6,10,19H2,1-3H3,(H,20,23)(H,21,24);1H. The normalized spacial score (nSPS) is 19.3.